The summed E-state index contributed by atoms with van der Waals surface area (Å²) in [5.41, 5.74) is 6.57. The molecule has 6 heteroatoms. The first-order valence-corrected chi connectivity index (χ1v) is 7.21. The number of fused-ring (bicyclic) bond motifs is 1. The Balaban J connectivity index is 2.90. The SMILES string of the molecule is C=C/C(=C\C=C/C)n1c(C(C)N)nc2occ(Br)c2c1=O. The minimum Gasteiger partial charge on any atom is -0.445 e. The number of allylic oxidation sites excluding steroid dienone is 5. The van der Waals surface area contributed by atoms with E-state index in [4.69, 9.17) is 10.2 Å². The molecule has 2 rings (SSSR count). The first-order chi connectivity index (χ1) is 10.0. The van der Waals surface area contributed by atoms with E-state index in [-0.39, 0.29) is 11.3 Å². The molecule has 21 heavy (non-hydrogen) atoms. The van der Waals surface area contributed by atoms with Crippen LogP contribution < -0.4 is 11.3 Å². The molecule has 1 unspecified atom stereocenters. The average molecular weight is 350 g/mol. The molecule has 5 nitrogen and oxygen atoms in total. The molecule has 0 aliphatic heterocycles. The third kappa shape index (κ3) is 2.77. The second-order valence-electron chi connectivity index (χ2n) is 4.48. The maximum absolute atomic E-state index is 12.8. The largest absolute Gasteiger partial charge is 0.445 e. The minimum atomic E-state index is -0.431. The van der Waals surface area contributed by atoms with Crippen LogP contribution in [-0.2, 0) is 0 Å². The van der Waals surface area contributed by atoms with Gasteiger partial charge in [-0.2, -0.15) is 4.98 Å². The maximum atomic E-state index is 12.8. The zero-order valence-corrected chi connectivity index (χ0v) is 13.4. The Kier molecular flexibility index (Phi) is 4.59. The molecule has 1 atom stereocenters. The predicted octanol–water partition coefficient (Wildman–Crippen LogP) is 3.37. The highest BCUT2D eigenvalue weighted by atomic mass is 79.9. The van der Waals surface area contributed by atoms with Gasteiger partial charge in [0.15, 0.2) is 0 Å². The fraction of sp³-hybridized carbons (Fsp3) is 0.200. The van der Waals surface area contributed by atoms with Crippen LogP contribution >= 0.6 is 15.9 Å². The number of aromatic nitrogens is 2. The second kappa shape index (κ2) is 6.24. The molecule has 0 amide bonds. The fourth-order valence-electron chi connectivity index (χ4n) is 1.96. The van der Waals surface area contributed by atoms with Crippen LogP contribution in [0.2, 0.25) is 0 Å². The van der Waals surface area contributed by atoms with E-state index in [0.717, 1.165) is 0 Å². The van der Waals surface area contributed by atoms with Crippen molar-refractivity contribution < 1.29 is 4.42 Å². The van der Waals surface area contributed by atoms with Crippen molar-refractivity contribution in [2.75, 3.05) is 0 Å². The van der Waals surface area contributed by atoms with Crippen molar-refractivity contribution in [3.63, 3.8) is 0 Å². The normalized spacial score (nSPS) is 14.0. The Labute approximate surface area is 130 Å². The van der Waals surface area contributed by atoms with Crippen LogP contribution in [0, 0.1) is 0 Å². The summed E-state index contributed by atoms with van der Waals surface area (Å²) in [7, 11) is 0. The molecule has 2 aromatic rings. The van der Waals surface area contributed by atoms with Gasteiger partial charge in [-0.05, 0) is 41.9 Å². The van der Waals surface area contributed by atoms with E-state index in [9.17, 15) is 4.79 Å². The van der Waals surface area contributed by atoms with Gasteiger partial charge in [0.05, 0.1) is 10.5 Å². The van der Waals surface area contributed by atoms with Crippen LogP contribution in [0.4, 0.5) is 0 Å². The Morgan fingerprint density at radius 2 is 2.33 bits per heavy atom. The molecule has 2 heterocycles. The molecule has 2 aromatic heterocycles. The lowest BCUT2D eigenvalue weighted by Gasteiger charge is -2.15. The number of halogens is 1. The summed E-state index contributed by atoms with van der Waals surface area (Å²) in [5, 5.41) is 0.382. The van der Waals surface area contributed by atoms with Crippen molar-refractivity contribution in [1.82, 2.24) is 9.55 Å². The van der Waals surface area contributed by atoms with Crippen molar-refractivity contribution in [3.05, 3.63) is 57.8 Å². The second-order valence-corrected chi connectivity index (χ2v) is 5.34. The standard InChI is InChI=1S/C15H16BrN3O2/c1-4-6-7-10(5-2)19-13(9(3)17)18-14-12(15(19)20)11(16)8-21-14/h4-9H,2,17H2,1,3H3/b6-4-,10-7+. The number of nitrogens with two attached hydrogens (primary N) is 1. The van der Waals surface area contributed by atoms with Crippen molar-refractivity contribution in [2.24, 2.45) is 5.73 Å². The highest BCUT2D eigenvalue weighted by Crippen LogP contribution is 2.24. The average Bonchev–Trinajstić information content (AvgIpc) is 2.82. The Morgan fingerprint density at radius 1 is 1.62 bits per heavy atom. The monoisotopic (exact) mass is 349 g/mol. The van der Waals surface area contributed by atoms with Crippen LogP contribution in [0.3, 0.4) is 0 Å². The van der Waals surface area contributed by atoms with E-state index in [2.05, 4.69) is 27.5 Å². The van der Waals surface area contributed by atoms with E-state index in [1.165, 1.54) is 10.8 Å². The predicted molar refractivity (Wildman–Crippen MR) is 87.9 cm³/mol. The van der Waals surface area contributed by atoms with Crippen molar-refractivity contribution >= 4 is 32.7 Å². The van der Waals surface area contributed by atoms with Crippen LogP contribution in [0.5, 0.6) is 0 Å². The summed E-state index contributed by atoms with van der Waals surface area (Å²) >= 11 is 3.30. The molecule has 0 bridgehead atoms. The van der Waals surface area contributed by atoms with E-state index >= 15 is 0 Å². The van der Waals surface area contributed by atoms with Crippen molar-refractivity contribution in [3.8, 4) is 0 Å². The van der Waals surface area contributed by atoms with Gasteiger partial charge < -0.3 is 10.2 Å². The van der Waals surface area contributed by atoms with E-state index < -0.39 is 6.04 Å². The molecule has 0 aliphatic rings. The Morgan fingerprint density at radius 3 is 2.90 bits per heavy atom. The fourth-order valence-corrected chi connectivity index (χ4v) is 2.39. The van der Waals surface area contributed by atoms with Crippen LogP contribution in [0.15, 0.2) is 50.8 Å². The summed E-state index contributed by atoms with van der Waals surface area (Å²) < 4.78 is 7.31. The zero-order valence-electron chi connectivity index (χ0n) is 11.8. The topological polar surface area (TPSA) is 74.1 Å². The molecular weight excluding hydrogens is 334 g/mol. The molecule has 0 spiro atoms. The van der Waals surface area contributed by atoms with Gasteiger partial charge in [0, 0.05) is 5.70 Å². The van der Waals surface area contributed by atoms with Crippen LogP contribution in [0.1, 0.15) is 25.7 Å². The van der Waals surface area contributed by atoms with Crippen molar-refractivity contribution in [1.29, 1.82) is 0 Å². The quantitative estimate of drug-likeness (QED) is 0.858. The lowest BCUT2D eigenvalue weighted by molar-refractivity contribution is 0.589. The highest BCUT2D eigenvalue weighted by molar-refractivity contribution is 9.10. The first kappa shape index (κ1) is 15.5. The summed E-state index contributed by atoms with van der Waals surface area (Å²) in [5.74, 6) is 0.421. The van der Waals surface area contributed by atoms with E-state index in [0.29, 0.717) is 21.4 Å². The van der Waals surface area contributed by atoms with Gasteiger partial charge in [0.25, 0.3) is 5.56 Å². The molecule has 2 N–H and O–H groups in total. The lowest BCUT2D eigenvalue weighted by Crippen LogP contribution is -2.27. The molecule has 0 aromatic carbocycles. The number of rotatable bonds is 4. The number of nitrogens with zero attached hydrogens (tertiary/aromatic N) is 2. The number of hydrogen-bond acceptors (Lipinski definition) is 4. The van der Waals surface area contributed by atoms with E-state index in [1.807, 2.05) is 19.1 Å². The number of hydrogen-bond donors (Lipinski definition) is 1. The molecule has 0 fully saturated rings. The molecule has 0 saturated heterocycles. The smallest absolute Gasteiger partial charge is 0.270 e. The van der Waals surface area contributed by atoms with Gasteiger partial charge in [-0.15, -0.1) is 0 Å². The summed E-state index contributed by atoms with van der Waals surface area (Å²) in [6.45, 7) is 7.41. The van der Waals surface area contributed by atoms with E-state index in [1.54, 1.807) is 19.1 Å². The summed E-state index contributed by atoms with van der Waals surface area (Å²) in [4.78, 5) is 17.1. The van der Waals surface area contributed by atoms with Gasteiger partial charge in [-0.1, -0.05) is 18.7 Å². The summed E-state index contributed by atoms with van der Waals surface area (Å²) in [6.07, 6.45) is 8.50. The number of furan rings is 1. The van der Waals surface area contributed by atoms with Gasteiger partial charge in [0.1, 0.15) is 17.5 Å². The third-order valence-corrected chi connectivity index (χ3v) is 3.51. The van der Waals surface area contributed by atoms with Gasteiger partial charge in [-0.25, -0.2) is 0 Å². The molecule has 0 saturated carbocycles. The Bertz CT molecular complexity index is 797. The maximum Gasteiger partial charge on any atom is 0.270 e. The molecule has 0 aliphatic carbocycles. The van der Waals surface area contributed by atoms with Crippen molar-refractivity contribution in [2.45, 2.75) is 19.9 Å². The van der Waals surface area contributed by atoms with Gasteiger partial charge in [0.2, 0.25) is 5.71 Å². The summed E-state index contributed by atoms with van der Waals surface area (Å²) in [6, 6.07) is -0.431. The molecule has 0 radical (unpaired) electrons. The minimum absolute atomic E-state index is 0.247. The van der Waals surface area contributed by atoms with Gasteiger partial charge in [-0.3, -0.25) is 9.36 Å². The first-order valence-electron chi connectivity index (χ1n) is 6.42. The lowest BCUT2D eigenvalue weighted by atomic mass is 10.2. The van der Waals surface area contributed by atoms with Crippen LogP contribution in [-0.4, -0.2) is 9.55 Å². The molecule has 110 valence electrons. The molecular formula is C15H16BrN3O2. The highest BCUT2D eigenvalue weighted by Gasteiger charge is 2.19. The zero-order chi connectivity index (χ0) is 15.6. The third-order valence-electron chi connectivity index (χ3n) is 2.92. The van der Waals surface area contributed by atoms with Crippen LogP contribution in [0.25, 0.3) is 16.8 Å². The Hall–Kier alpha value is -1.92. The van der Waals surface area contributed by atoms with Gasteiger partial charge >= 0.3 is 0 Å².